The maximum Gasteiger partial charge on any atom is 0.168 e. The van der Waals surface area contributed by atoms with Gasteiger partial charge in [-0.1, -0.05) is 23.7 Å². The Kier molecular flexibility index (Phi) is 4.12. The van der Waals surface area contributed by atoms with E-state index in [0.29, 0.717) is 22.3 Å². The Morgan fingerprint density at radius 2 is 2.08 bits per heavy atom. The molecule has 118 valence electrons. The van der Waals surface area contributed by atoms with Gasteiger partial charge in [-0.2, -0.15) is 0 Å². The third-order valence-corrected chi connectivity index (χ3v) is 4.39. The van der Waals surface area contributed by atoms with Gasteiger partial charge in [0.1, 0.15) is 5.65 Å². The molecule has 24 heavy (non-hydrogen) atoms. The number of aliphatic imine (C=N–C) groups is 1. The van der Waals surface area contributed by atoms with E-state index < -0.39 is 0 Å². The summed E-state index contributed by atoms with van der Waals surface area (Å²) in [5.74, 6) is 1.35. The Bertz CT molecular complexity index is 1040. The summed E-state index contributed by atoms with van der Waals surface area (Å²) in [6, 6.07) is 15.5. The minimum atomic E-state index is 0.622. The zero-order valence-corrected chi connectivity index (χ0v) is 15.3. The van der Waals surface area contributed by atoms with Crippen molar-refractivity contribution in [3.05, 3.63) is 75.1 Å². The van der Waals surface area contributed by atoms with Crippen LogP contribution >= 0.6 is 34.2 Å². The van der Waals surface area contributed by atoms with Gasteiger partial charge in [-0.3, -0.25) is 4.40 Å². The van der Waals surface area contributed by atoms with Gasteiger partial charge in [0.15, 0.2) is 17.3 Å². The van der Waals surface area contributed by atoms with Crippen molar-refractivity contribution in [2.75, 3.05) is 0 Å². The molecule has 0 aliphatic rings. The van der Waals surface area contributed by atoms with E-state index in [4.69, 9.17) is 16.0 Å². The van der Waals surface area contributed by atoms with Crippen molar-refractivity contribution in [3.63, 3.8) is 0 Å². The molecule has 4 nitrogen and oxygen atoms in total. The second-order valence-electron chi connectivity index (χ2n) is 5.15. The quantitative estimate of drug-likeness (QED) is 0.303. The highest BCUT2D eigenvalue weighted by Crippen LogP contribution is 2.32. The highest BCUT2D eigenvalue weighted by atomic mass is 127. The topological polar surface area (TPSA) is 42.8 Å². The predicted molar refractivity (Wildman–Crippen MR) is 104 cm³/mol. The summed E-state index contributed by atoms with van der Waals surface area (Å²) in [5.41, 5.74) is 2.47. The van der Waals surface area contributed by atoms with Gasteiger partial charge in [-0.25, -0.2) is 9.98 Å². The zero-order chi connectivity index (χ0) is 16.5. The van der Waals surface area contributed by atoms with Crippen LogP contribution in [0.2, 0.25) is 5.02 Å². The lowest BCUT2D eigenvalue weighted by Crippen LogP contribution is -1.86. The Hall–Kier alpha value is -2.12. The molecule has 6 heteroatoms. The number of halogens is 2. The largest absolute Gasteiger partial charge is 0.463 e. The molecule has 3 heterocycles. The number of rotatable bonds is 3. The lowest BCUT2D eigenvalue weighted by atomic mass is 10.2. The van der Waals surface area contributed by atoms with Crippen LogP contribution in [-0.2, 0) is 0 Å². The molecule has 0 amide bonds. The standard InChI is InChI=1S/C18H11ClIN3O/c19-13-6-7-16-22-17(15-5-2-8-24-15)18(23(16)11-13)21-10-12-3-1-4-14(20)9-12/h1-11H/b21-10-. The van der Waals surface area contributed by atoms with Crippen LogP contribution in [-0.4, -0.2) is 15.6 Å². The van der Waals surface area contributed by atoms with E-state index in [0.717, 1.165) is 14.8 Å². The molecule has 0 spiro atoms. The van der Waals surface area contributed by atoms with Gasteiger partial charge in [0.25, 0.3) is 0 Å². The molecular formula is C18H11ClIN3O. The number of hydrogen-bond donors (Lipinski definition) is 0. The number of nitrogens with zero attached hydrogens (tertiary/aromatic N) is 3. The van der Waals surface area contributed by atoms with Crippen LogP contribution < -0.4 is 0 Å². The molecule has 0 unspecified atom stereocenters. The van der Waals surface area contributed by atoms with Crippen LogP contribution in [0.25, 0.3) is 17.1 Å². The fourth-order valence-electron chi connectivity index (χ4n) is 2.43. The number of hydrogen-bond acceptors (Lipinski definition) is 3. The number of imidazole rings is 1. The summed E-state index contributed by atoms with van der Waals surface area (Å²) in [6.45, 7) is 0. The van der Waals surface area contributed by atoms with Crippen LogP contribution in [0.1, 0.15) is 5.56 Å². The molecule has 0 fully saturated rings. The molecule has 0 radical (unpaired) electrons. The minimum Gasteiger partial charge on any atom is -0.463 e. The molecule has 0 saturated carbocycles. The molecule has 0 atom stereocenters. The fourth-order valence-corrected chi connectivity index (χ4v) is 3.16. The van der Waals surface area contributed by atoms with Crippen molar-refractivity contribution in [1.82, 2.24) is 9.38 Å². The smallest absolute Gasteiger partial charge is 0.168 e. The Morgan fingerprint density at radius 1 is 1.17 bits per heavy atom. The summed E-state index contributed by atoms with van der Waals surface area (Å²) in [4.78, 5) is 9.28. The van der Waals surface area contributed by atoms with Crippen molar-refractivity contribution in [2.45, 2.75) is 0 Å². The van der Waals surface area contributed by atoms with Crippen LogP contribution in [0.4, 0.5) is 5.82 Å². The predicted octanol–water partition coefficient (Wildman–Crippen LogP) is 5.60. The van der Waals surface area contributed by atoms with E-state index in [1.165, 1.54) is 0 Å². The van der Waals surface area contributed by atoms with Crippen LogP contribution in [0.5, 0.6) is 0 Å². The molecule has 0 N–H and O–H groups in total. The summed E-state index contributed by atoms with van der Waals surface area (Å²) in [7, 11) is 0. The van der Waals surface area contributed by atoms with Gasteiger partial charge in [0.05, 0.1) is 11.3 Å². The number of benzene rings is 1. The summed E-state index contributed by atoms with van der Waals surface area (Å²) in [6.07, 6.45) is 5.25. The molecule has 0 bridgehead atoms. The summed E-state index contributed by atoms with van der Waals surface area (Å²) < 4.78 is 8.53. The first kappa shape index (κ1) is 15.4. The highest BCUT2D eigenvalue weighted by molar-refractivity contribution is 14.1. The molecule has 3 aromatic heterocycles. The van der Waals surface area contributed by atoms with Crippen molar-refractivity contribution in [3.8, 4) is 11.5 Å². The van der Waals surface area contributed by atoms with Gasteiger partial charge in [-0.15, -0.1) is 0 Å². The Balaban J connectivity index is 1.88. The van der Waals surface area contributed by atoms with E-state index >= 15 is 0 Å². The summed E-state index contributed by atoms with van der Waals surface area (Å²) in [5, 5.41) is 0.622. The second kappa shape index (κ2) is 6.41. The average Bonchev–Trinajstić information content (AvgIpc) is 3.20. The Labute approximate surface area is 157 Å². The maximum absolute atomic E-state index is 6.14. The Morgan fingerprint density at radius 3 is 2.88 bits per heavy atom. The fraction of sp³-hybridized carbons (Fsp3) is 0. The number of pyridine rings is 1. The van der Waals surface area contributed by atoms with Gasteiger partial charge >= 0.3 is 0 Å². The monoisotopic (exact) mass is 447 g/mol. The van der Waals surface area contributed by atoms with Gasteiger partial charge in [0.2, 0.25) is 0 Å². The van der Waals surface area contributed by atoms with Gasteiger partial charge in [0, 0.05) is 16.0 Å². The molecule has 0 saturated heterocycles. The summed E-state index contributed by atoms with van der Waals surface area (Å²) >= 11 is 8.42. The first-order valence-corrected chi connectivity index (χ1v) is 8.67. The second-order valence-corrected chi connectivity index (χ2v) is 6.83. The number of furan rings is 1. The molecular weight excluding hydrogens is 437 g/mol. The molecule has 0 aliphatic carbocycles. The van der Waals surface area contributed by atoms with E-state index in [9.17, 15) is 0 Å². The molecule has 0 aliphatic heterocycles. The maximum atomic E-state index is 6.14. The third-order valence-electron chi connectivity index (χ3n) is 3.50. The number of aromatic nitrogens is 2. The van der Waals surface area contributed by atoms with Gasteiger partial charge in [-0.05, 0) is 64.6 Å². The van der Waals surface area contributed by atoms with Crippen molar-refractivity contribution >= 4 is 51.9 Å². The van der Waals surface area contributed by atoms with Crippen LogP contribution in [0.3, 0.4) is 0 Å². The first-order chi connectivity index (χ1) is 11.7. The van der Waals surface area contributed by atoms with Crippen LogP contribution in [0, 0.1) is 3.57 Å². The van der Waals surface area contributed by atoms with Crippen molar-refractivity contribution in [1.29, 1.82) is 0 Å². The van der Waals surface area contributed by atoms with E-state index in [1.54, 1.807) is 12.5 Å². The lowest BCUT2D eigenvalue weighted by molar-refractivity contribution is 0.580. The van der Waals surface area contributed by atoms with E-state index in [2.05, 4.69) is 38.6 Å². The molecule has 1 aromatic carbocycles. The minimum absolute atomic E-state index is 0.622. The number of fused-ring (bicyclic) bond motifs is 1. The SMILES string of the molecule is Clc1ccc2nc(-c3ccco3)c(/N=C\c3cccc(I)c3)n2c1. The first-order valence-electron chi connectivity index (χ1n) is 7.22. The lowest BCUT2D eigenvalue weighted by Gasteiger charge is -1.99. The normalized spacial score (nSPS) is 11.6. The van der Waals surface area contributed by atoms with Crippen LogP contribution in [0.15, 0.2) is 70.4 Å². The third kappa shape index (κ3) is 2.97. The van der Waals surface area contributed by atoms with Crippen molar-refractivity contribution in [2.24, 2.45) is 4.99 Å². The molecule has 4 aromatic rings. The molecule has 4 rings (SSSR count). The highest BCUT2D eigenvalue weighted by Gasteiger charge is 2.15. The van der Waals surface area contributed by atoms with E-state index in [-0.39, 0.29) is 0 Å². The zero-order valence-electron chi connectivity index (χ0n) is 12.4. The van der Waals surface area contributed by atoms with Gasteiger partial charge < -0.3 is 4.42 Å². The average molecular weight is 448 g/mol. The van der Waals surface area contributed by atoms with Crippen molar-refractivity contribution < 1.29 is 4.42 Å². The van der Waals surface area contributed by atoms with E-state index in [1.807, 2.05) is 53.1 Å².